The molecule has 9 nitrogen and oxygen atoms in total. The molecular formula is C28H30N2O7. The standard InChI is InChI=1S/C28H30N2O7/c1-34-19-8-9-22(35-2)20(17-19)25-24(26(31)23-16-18-6-3-4-7-21(18)37-23)27(32)28(33)30(25)11-5-10-29-12-14-36-15-13-29/h3-4,6-9,16-17,25,32H,5,10-15H2,1-2H3/t25-/m0/s1. The highest BCUT2D eigenvalue weighted by Gasteiger charge is 2.45. The number of Topliss-reactive ketones (excluding diaryl/α,β-unsaturated/α-hetero) is 1. The Labute approximate surface area is 214 Å². The predicted molar refractivity (Wildman–Crippen MR) is 136 cm³/mol. The van der Waals surface area contributed by atoms with Crippen molar-refractivity contribution in [2.24, 2.45) is 0 Å². The second-order valence-corrected chi connectivity index (χ2v) is 9.06. The van der Waals surface area contributed by atoms with Gasteiger partial charge in [0.2, 0.25) is 5.78 Å². The summed E-state index contributed by atoms with van der Waals surface area (Å²) >= 11 is 0. The second kappa shape index (κ2) is 10.7. The molecule has 9 heteroatoms. The zero-order valence-corrected chi connectivity index (χ0v) is 20.9. The number of morpholine rings is 1. The van der Waals surface area contributed by atoms with Gasteiger partial charge in [0.1, 0.15) is 17.1 Å². The summed E-state index contributed by atoms with van der Waals surface area (Å²) in [5.74, 6) is -0.659. The Kier molecular flexibility index (Phi) is 7.16. The summed E-state index contributed by atoms with van der Waals surface area (Å²) in [6.45, 7) is 4.14. The van der Waals surface area contributed by atoms with Gasteiger partial charge in [-0.25, -0.2) is 0 Å². The van der Waals surface area contributed by atoms with Crippen LogP contribution in [0, 0.1) is 0 Å². The smallest absolute Gasteiger partial charge is 0.290 e. The molecule has 2 aliphatic heterocycles. The number of ether oxygens (including phenoxy) is 3. The average Bonchev–Trinajstić information content (AvgIpc) is 3.48. The number of rotatable bonds is 9. The van der Waals surface area contributed by atoms with Crippen LogP contribution in [-0.2, 0) is 9.53 Å². The molecule has 1 atom stereocenters. The number of ketones is 1. The highest BCUT2D eigenvalue weighted by molar-refractivity contribution is 6.16. The highest BCUT2D eigenvalue weighted by Crippen LogP contribution is 2.44. The number of carbonyl (C=O) groups is 2. The SMILES string of the molecule is COc1ccc(OC)c([C@H]2C(C(=O)c3cc4ccccc4o3)=C(O)C(=O)N2CCCN2CCOCC2)c1. The number of methoxy groups -OCH3 is 2. The lowest BCUT2D eigenvalue weighted by Crippen LogP contribution is -2.39. The maximum atomic E-state index is 13.8. The molecule has 5 rings (SSSR count). The number of fused-ring (bicyclic) bond motifs is 1. The minimum atomic E-state index is -0.872. The molecule has 194 valence electrons. The zero-order valence-electron chi connectivity index (χ0n) is 20.9. The molecule has 1 N–H and O–H groups in total. The summed E-state index contributed by atoms with van der Waals surface area (Å²) in [5, 5.41) is 11.8. The van der Waals surface area contributed by atoms with Crippen LogP contribution in [-0.4, -0.2) is 80.2 Å². The number of benzene rings is 2. The largest absolute Gasteiger partial charge is 0.503 e. The number of nitrogens with zero attached hydrogens (tertiary/aromatic N) is 2. The minimum absolute atomic E-state index is 0.0398. The van der Waals surface area contributed by atoms with Gasteiger partial charge in [-0.15, -0.1) is 0 Å². The first-order chi connectivity index (χ1) is 18.0. The number of para-hydroxylation sites is 1. The van der Waals surface area contributed by atoms with Gasteiger partial charge in [0, 0.05) is 37.1 Å². The van der Waals surface area contributed by atoms with Crippen molar-refractivity contribution in [3.63, 3.8) is 0 Å². The van der Waals surface area contributed by atoms with Crippen molar-refractivity contribution < 1.29 is 33.3 Å². The fraction of sp³-hybridized carbons (Fsp3) is 0.357. The van der Waals surface area contributed by atoms with Crippen LogP contribution in [0.4, 0.5) is 0 Å². The van der Waals surface area contributed by atoms with E-state index in [0.29, 0.717) is 48.8 Å². The van der Waals surface area contributed by atoms with E-state index in [1.165, 1.54) is 12.0 Å². The van der Waals surface area contributed by atoms with Gasteiger partial charge in [-0.1, -0.05) is 18.2 Å². The van der Waals surface area contributed by atoms with Crippen molar-refractivity contribution in [1.82, 2.24) is 9.80 Å². The number of hydrogen-bond acceptors (Lipinski definition) is 8. The monoisotopic (exact) mass is 506 g/mol. The molecule has 1 saturated heterocycles. The molecule has 0 spiro atoms. The quantitative estimate of drug-likeness (QED) is 0.438. The number of carbonyl (C=O) groups excluding carboxylic acids is 2. The van der Waals surface area contributed by atoms with Gasteiger partial charge >= 0.3 is 0 Å². The maximum absolute atomic E-state index is 13.8. The van der Waals surface area contributed by atoms with Crippen LogP contribution in [0.25, 0.3) is 11.0 Å². The van der Waals surface area contributed by atoms with Crippen LogP contribution in [0.15, 0.2) is 64.3 Å². The summed E-state index contributed by atoms with van der Waals surface area (Å²) in [6, 6.07) is 13.2. The van der Waals surface area contributed by atoms with E-state index in [2.05, 4.69) is 4.90 Å². The summed E-state index contributed by atoms with van der Waals surface area (Å²) in [6.07, 6.45) is 0.661. The topological polar surface area (TPSA) is 102 Å². The molecule has 0 bridgehead atoms. The summed E-state index contributed by atoms with van der Waals surface area (Å²) in [4.78, 5) is 31.0. The van der Waals surface area contributed by atoms with Gasteiger partial charge in [-0.05, 0) is 36.8 Å². The van der Waals surface area contributed by atoms with Crippen LogP contribution < -0.4 is 9.47 Å². The molecular weight excluding hydrogens is 476 g/mol. The van der Waals surface area contributed by atoms with Crippen LogP contribution in [0.3, 0.4) is 0 Å². The van der Waals surface area contributed by atoms with Crippen LogP contribution in [0.5, 0.6) is 11.5 Å². The van der Waals surface area contributed by atoms with Crippen molar-refractivity contribution in [2.75, 3.05) is 53.6 Å². The van der Waals surface area contributed by atoms with Gasteiger partial charge < -0.3 is 28.6 Å². The van der Waals surface area contributed by atoms with E-state index < -0.39 is 23.5 Å². The van der Waals surface area contributed by atoms with Crippen molar-refractivity contribution >= 4 is 22.7 Å². The molecule has 1 aromatic heterocycles. The molecule has 0 saturated carbocycles. The molecule has 1 amide bonds. The zero-order chi connectivity index (χ0) is 25.9. The minimum Gasteiger partial charge on any atom is -0.503 e. The first-order valence-electron chi connectivity index (χ1n) is 12.3. The third kappa shape index (κ3) is 4.80. The molecule has 37 heavy (non-hydrogen) atoms. The fourth-order valence-electron chi connectivity index (χ4n) is 5.01. The summed E-state index contributed by atoms with van der Waals surface area (Å²) < 4.78 is 22.3. The lowest BCUT2D eigenvalue weighted by Gasteiger charge is -2.30. The first-order valence-corrected chi connectivity index (χ1v) is 12.3. The van der Waals surface area contributed by atoms with Crippen molar-refractivity contribution in [2.45, 2.75) is 12.5 Å². The molecule has 3 aromatic rings. The number of hydrogen-bond donors (Lipinski definition) is 1. The van der Waals surface area contributed by atoms with E-state index >= 15 is 0 Å². The van der Waals surface area contributed by atoms with E-state index in [1.54, 1.807) is 37.4 Å². The van der Waals surface area contributed by atoms with E-state index in [1.807, 2.05) is 18.2 Å². The van der Waals surface area contributed by atoms with Gasteiger partial charge in [-0.3, -0.25) is 14.5 Å². The van der Waals surface area contributed by atoms with Crippen LogP contribution in [0.1, 0.15) is 28.6 Å². The van der Waals surface area contributed by atoms with Gasteiger partial charge in [0.05, 0.1) is 39.0 Å². The number of furan rings is 1. The Morgan fingerprint density at radius 3 is 2.57 bits per heavy atom. The van der Waals surface area contributed by atoms with Gasteiger partial charge in [-0.2, -0.15) is 0 Å². The highest BCUT2D eigenvalue weighted by atomic mass is 16.5. The van der Waals surface area contributed by atoms with E-state index in [4.69, 9.17) is 18.6 Å². The van der Waals surface area contributed by atoms with E-state index in [9.17, 15) is 14.7 Å². The molecule has 2 aliphatic rings. The Balaban J connectivity index is 1.52. The average molecular weight is 507 g/mol. The lowest BCUT2D eigenvalue weighted by atomic mass is 9.94. The lowest BCUT2D eigenvalue weighted by molar-refractivity contribution is -0.129. The van der Waals surface area contributed by atoms with E-state index in [0.717, 1.165) is 25.0 Å². The number of amides is 1. The Hall–Kier alpha value is -3.82. The summed E-state index contributed by atoms with van der Waals surface area (Å²) in [7, 11) is 3.06. The van der Waals surface area contributed by atoms with Gasteiger partial charge in [0.15, 0.2) is 11.5 Å². The van der Waals surface area contributed by atoms with Crippen molar-refractivity contribution in [3.8, 4) is 11.5 Å². The van der Waals surface area contributed by atoms with Crippen molar-refractivity contribution in [1.29, 1.82) is 0 Å². The summed E-state index contributed by atoms with van der Waals surface area (Å²) in [5.41, 5.74) is 1.06. The molecule has 3 heterocycles. The fourth-order valence-corrected chi connectivity index (χ4v) is 5.01. The Morgan fingerprint density at radius 1 is 1.05 bits per heavy atom. The molecule has 0 aliphatic carbocycles. The van der Waals surface area contributed by atoms with Crippen LogP contribution in [0.2, 0.25) is 0 Å². The normalized spacial score (nSPS) is 18.6. The second-order valence-electron chi connectivity index (χ2n) is 9.06. The molecule has 2 aromatic carbocycles. The van der Waals surface area contributed by atoms with Crippen molar-refractivity contribution in [3.05, 3.63) is 71.2 Å². The Morgan fingerprint density at radius 2 is 1.84 bits per heavy atom. The molecule has 0 radical (unpaired) electrons. The molecule has 0 unspecified atom stereocenters. The maximum Gasteiger partial charge on any atom is 0.290 e. The van der Waals surface area contributed by atoms with Gasteiger partial charge in [0.25, 0.3) is 5.91 Å². The third-order valence-corrected chi connectivity index (χ3v) is 6.91. The first kappa shape index (κ1) is 24.9. The number of aliphatic hydroxyl groups is 1. The predicted octanol–water partition coefficient (Wildman–Crippen LogP) is 3.75. The Bertz CT molecular complexity index is 1310. The van der Waals surface area contributed by atoms with E-state index in [-0.39, 0.29) is 11.3 Å². The molecule has 1 fully saturated rings. The number of aliphatic hydroxyl groups excluding tert-OH is 1. The third-order valence-electron chi connectivity index (χ3n) is 6.91. The van der Waals surface area contributed by atoms with Crippen LogP contribution >= 0.6 is 0 Å².